The van der Waals surface area contributed by atoms with Crippen molar-refractivity contribution in [3.05, 3.63) is 65.7 Å². The Labute approximate surface area is 160 Å². The van der Waals surface area contributed by atoms with Crippen LogP contribution in [0.5, 0.6) is 0 Å². The molecule has 3 rings (SSSR count). The molecule has 1 saturated carbocycles. The molecule has 0 aliphatic heterocycles. The van der Waals surface area contributed by atoms with Gasteiger partial charge in [0.1, 0.15) is 0 Å². The van der Waals surface area contributed by atoms with E-state index in [-0.39, 0.29) is 12.5 Å². The lowest BCUT2D eigenvalue weighted by atomic mass is 10.1. The number of ether oxygens (including phenoxy) is 1. The molecule has 142 valence electrons. The highest BCUT2D eigenvalue weighted by Crippen LogP contribution is 2.35. The minimum absolute atomic E-state index is 0.130. The first-order valence-corrected chi connectivity index (χ1v) is 9.33. The van der Waals surface area contributed by atoms with E-state index < -0.39 is 5.97 Å². The molecule has 2 aromatic carbocycles. The summed E-state index contributed by atoms with van der Waals surface area (Å²) in [7, 11) is 1.33. The van der Waals surface area contributed by atoms with Crippen molar-refractivity contribution in [2.75, 3.05) is 19.0 Å². The highest BCUT2D eigenvalue weighted by atomic mass is 16.5. The second-order valence-corrected chi connectivity index (χ2v) is 7.05. The van der Waals surface area contributed by atoms with Gasteiger partial charge in [0.2, 0.25) is 5.91 Å². The van der Waals surface area contributed by atoms with Gasteiger partial charge in [-0.2, -0.15) is 0 Å². The number of amides is 1. The first kappa shape index (κ1) is 19.1. The minimum atomic E-state index is -0.460. The Bertz CT molecular complexity index is 787. The van der Waals surface area contributed by atoms with Gasteiger partial charge in [0.25, 0.3) is 0 Å². The zero-order valence-corrected chi connectivity index (χ0v) is 15.9. The number of anilines is 1. The van der Waals surface area contributed by atoms with Crippen molar-refractivity contribution >= 4 is 17.6 Å². The molecule has 0 radical (unpaired) electrons. The van der Waals surface area contributed by atoms with Crippen LogP contribution in [0.2, 0.25) is 0 Å². The number of para-hydroxylation sites is 1. The zero-order valence-electron chi connectivity index (χ0n) is 15.9. The van der Waals surface area contributed by atoms with Crippen molar-refractivity contribution in [1.82, 2.24) is 4.90 Å². The maximum atomic E-state index is 12.7. The van der Waals surface area contributed by atoms with Crippen LogP contribution >= 0.6 is 0 Å². The Morgan fingerprint density at radius 3 is 2.44 bits per heavy atom. The number of carbonyl (C=O) groups is 2. The smallest absolute Gasteiger partial charge is 0.339 e. The van der Waals surface area contributed by atoms with Gasteiger partial charge in [0.05, 0.1) is 24.9 Å². The van der Waals surface area contributed by atoms with Crippen molar-refractivity contribution in [3.63, 3.8) is 0 Å². The quantitative estimate of drug-likeness (QED) is 0.724. The van der Waals surface area contributed by atoms with Gasteiger partial charge in [-0.15, -0.1) is 0 Å². The van der Waals surface area contributed by atoms with Gasteiger partial charge in [-0.25, -0.2) is 4.79 Å². The summed E-state index contributed by atoms with van der Waals surface area (Å²) < 4.78 is 4.80. The van der Waals surface area contributed by atoms with Crippen LogP contribution in [0.15, 0.2) is 54.6 Å². The van der Waals surface area contributed by atoms with Crippen LogP contribution in [-0.2, 0) is 16.1 Å². The van der Waals surface area contributed by atoms with Crippen LogP contribution in [0.25, 0.3) is 0 Å². The fourth-order valence-corrected chi connectivity index (χ4v) is 3.29. The van der Waals surface area contributed by atoms with Crippen LogP contribution < -0.4 is 5.32 Å². The van der Waals surface area contributed by atoms with Gasteiger partial charge in [0.15, 0.2) is 0 Å². The van der Waals surface area contributed by atoms with Gasteiger partial charge in [-0.3, -0.25) is 9.69 Å². The lowest BCUT2D eigenvalue weighted by molar-refractivity contribution is -0.118. The summed E-state index contributed by atoms with van der Waals surface area (Å²) in [5.74, 6) is 0.0667. The maximum Gasteiger partial charge on any atom is 0.339 e. The highest BCUT2D eigenvalue weighted by molar-refractivity contribution is 6.01. The van der Waals surface area contributed by atoms with Crippen molar-refractivity contribution in [2.24, 2.45) is 5.92 Å². The summed E-state index contributed by atoms with van der Waals surface area (Å²) in [6.45, 7) is 3.20. The van der Waals surface area contributed by atoms with Crippen LogP contribution in [0.3, 0.4) is 0 Å². The van der Waals surface area contributed by atoms with Gasteiger partial charge in [-0.1, -0.05) is 42.5 Å². The normalized spacial score (nSPS) is 14.6. The fraction of sp³-hybridized carbons (Fsp3) is 0.364. The van der Waals surface area contributed by atoms with Crippen LogP contribution in [-0.4, -0.2) is 36.5 Å². The molecule has 1 aliphatic rings. The molecule has 1 aliphatic carbocycles. The van der Waals surface area contributed by atoms with Gasteiger partial charge in [0, 0.05) is 12.6 Å². The predicted molar refractivity (Wildman–Crippen MR) is 105 cm³/mol. The van der Waals surface area contributed by atoms with E-state index in [1.165, 1.54) is 25.5 Å². The SMILES string of the molecule is COC(=O)c1ccccc1NC(=O)CN(Cc1ccccc1)C(C)C1CC1. The van der Waals surface area contributed by atoms with E-state index in [2.05, 4.69) is 29.3 Å². The zero-order chi connectivity index (χ0) is 19.2. The predicted octanol–water partition coefficient (Wildman–Crippen LogP) is 3.71. The molecule has 1 atom stereocenters. The molecule has 0 spiro atoms. The van der Waals surface area contributed by atoms with Gasteiger partial charge < -0.3 is 10.1 Å². The molecule has 1 N–H and O–H groups in total. The number of hydrogen-bond acceptors (Lipinski definition) is 4. The molecule has 5 heteroatoms. The number of benzene rings is 2. The Morgan fingerprint density at radius 1 is 1.11 bits per heavy atom. The fourth-order valence-electron chi connectivity index (χ4n) is 3.29. The Kier molecular flexibility index (Phi) is 6.24. The summed E-state index contributed by atoms with van der Waals surface area (Å²) in [6.07, 6.45) is 2.44. The lowest BCUT2D eigenvalue weighted by Crippen LogP contribution is -2.40. The van der Waals surface area contributed by atoms with Crippen molar-refractivity contribution in [2.45, 2.75) is 32.4 Å². The molecule has 0 saturated heterocycles. The second kappa shape index (κ2) is 8.82. The molecular weight excluding hydrogens is 340 g/mol. The summed E-state index contributed by atoms with van der Waals surface area (Å²) in [5.41, 5.74) is 2.03. The Morgan fingerprint density at radius 2 is 1.78 bits per heavy atom. The third-order valence-electron chi connectivity index (χ3n) is 5.06. The van der Waals surface area contributed by atoms with E-state index in [1.807, 2.05) is 18.2 Å². The molecule has 27 heavy (non-hydrogen) atoms. The first-order valence-electron chi connectivity index (χ1n) is 9.33. The summed E-state index contributed by atoms with van der Waals surface area (Å²) in [5, 5.41) is 2.87. The minimum Gasteiger partial charge on any atom is -0.465 e. The topological polar surface area (TPSA) is 58.6 Å². The molecular formula is C22H26N2O3. The monoisotopic (exact) mass is 366 g/mol. The van der Waals surface area contributed by atoms with E-state index in [1.54, 1.807) is 24.3 Å². The van der Waals surface area contributed by atoms with E-state index in [0.29, 0.717) is 23.2 Å². The number of hydrogen-bond donors (Lipinski definition) is 1. The lowest BCUT2D eigenvalue weighted by Gasteiger charge is -2.29. The maximum absolute atomic E-state index is 12.7. The number of esters is 1. The molecule has 1 amide bonds. The second-order valence-electron chi connectivity index (χ2n) is 7.05. The van der Waals surface area contributed by atoms with E-state index >= 15 is 0 Å². The molecule has 1 fully saturated rings. The molecule has 2 aromatic rings. The number of nitrogens with zero attached hydrogens (tertiary/aromatic N) is 1. The summed E-state index contributed by atoms with van der Waals surface area (Å²) >= 11 is 0. The highest BCUT2D eigenvalue weighted by Gasteiger charge is 2.32. The van der Waals surface area contributed by atoms with E-state index in [9.17, 15) is 9.59 Å². The van der Waals surface area contributed by atoms with Crippen molar-refractivity contribution in [1.29, 1.82) is 0 Å². The number of methoxy groups -OCH3 is 1. The molecule has 1 unspecified atom stereocenters. The third kappa shape index (κ3) is 5.17. The van der Waals surface area contributed by atoms with Crippen LogP contribution in [0, 0.1) is 5.92 Å². The first-order chi connectivity index (χ1) is 13.1. The van der Waals surface area contributed by atoms with Crippen molar-refractivity contribution in [3.8, 4) is 0 Å². The molecule has 0 heterocycles. The standard InChI is InChI=1S/C22H26N2O3/c1-16(18-12-13-18)24(14-17-8-4-3-5-9-17)15-21(25)23-20-11-7-6-10-19(20)22(26)27-2/h3-11,16,18H,12-15H2,1-2H3,(H,23,25). The average Bonchev–Trinajstić information content (AvgIpc) is 3.53. The Hall–Kier alpha value is -2.66. The molecule has 0 aromatic heterocycles. The van der Waals surface area contributed by atoms with Gasteiger partial charge in [-0.05, 0) is 43.4 Å². The average molecular weight is 366 g/mol. The van der Waals surface area contributed by atoms with Crippen LogP contribution in [0.4, 0.5) is 5.69 Å². The van der Waals surface area contributed by atoms with Crippen molar-refractivity contribution < 1.29 is 14.3 Å². The molecule has 5 nitrogen and oxygen atoms in total. The van der Waals surface area contributed by atoms with Crippen LogP contribution in [0.1, 0.15) is 35.7 Å². The summed E-state index contributed by atoms with van der Waals surface area (Å²) in [4.78, 5) is 26.8. The van der Waals surface area contributed by atoms with Gasteiger partial charge >= 0.3 is 5.97 Å². The third-order valence-corrected chi connectivity index (χ3v) is 5.06. The molecule has 0 bridgehead atoms. The number of nitrogens with one attached hydrogen (secondary N) is 1. The number of carbonyl (C=O) groups excluding carboxylic acids is 2. The number of rotatable bonds is 8. The van der Waals surface area contributed by atoms with E-state index in [4.69, 9.17) is 4.74 Å². The largest absolute Gasteiger partial charge is 0.465 e. The Balaban J connectivity index is 1.70. The summed E-state index contributed by atoms with van der Waals surface area (Å²) in [6, 6.07) is 17.4. The van der Waals surface area contributed by atoms with E-state index in [0.717, 1.165) is 6.54 Å².